The van der Waals surface area contributed by atoms with Crippen molar-refractivity contribution in [3.63, 3.8) is 0 Å². The van der Waals surface area contributed by atoms with Gasteiger partial charge in [0.2, 0.25) is 0 Å². The molecule has 88 valence electrons. The van der Waals surface area contributed by atoms with E-state index in [1.807, 2.05) is 0 Å². The second-order valence-electron chi connectivity index (χ2n) is 3.10. The molecular weight excluding hydrogens is 196 g/mol. The van der Waals surface area contributed by atoms with Crippen LogP contribution in [0.15, 0.2) is 0 Å². The van der Waals surface area contributed by atoms with Gasteiger partial charge in [-0.05, 0) is 0 Å². The van der Waals surface area contributed by atoms with Gasteiger partial charge < -0.3 is 14.2 Å². The van der Waals surface area contributed by atoms with Crippen molar-refractivity contribution >= 4 is 0 Å². The second kappa shape index (κ2) is 9.87. The fourth-order valence-electron chi connectivity index (χ4n) is 1.18. The zero-order valence-electron chi connectivity index (χ0n) is 9.73. The Morgan fingerprint density at radius 3 is 2.33 bits per heavy atom. The van der Waals surface area contributed by atoms with Crippen LogP contribution in [0.2, 0.25) is 0 Å². The van der Waals surface area contributed by atoms with Crippen LogP contribution >= 0.6 is 0 Å². The zero-order chi connectivity index (χ0) is 11.5. The first-order chi connectivity index (χ1) is 7.28. The molecule has 0 aliphatic heterocycles. The Kier molecular flexibility index (Phi) is 9.43. The number of rotatable bonds is 9. The van der Waals surface area contributed by atoms with Crippen LogP contribution in [0.25, 0.3) is 0 Å². The molecule has 5 heteroatoms. The molecule has 0 radical (unpaired) electrons. The minimum absolute atomic E-state index is 0.249. The van der Waals surface area contributed by atoms with Crippen molar-refractivity contribution in [1.29, 1.82) is 5.26 Å². The standard InChI is InChI=1S/C10H20N2O3/c1-13-8-7-12(6-4-5-11)9-10(14-2)15-3/h10H,4,6-9H2,1-3H3. The van der Waals surface area contributed by atoms with E-state index in [1.165, 1.54) is 0 Å². The van der Waals surface area contributed by atoms with Crippen molar-refractivity contribution in [3.05, 3.63) is 0 Å². The van der Waals surface area contributed by atoms with Gasteiger partial charge >= 0.3 is 0 Å². The van der Waals surface area contributed by atoms with Crippen molar-refractivity contribution in [3.8, 4) is 6.07 Å². The van der Waals surface area contributed by atoms with Crippen LogP contribution in [0.4, 0.5) is 0 Å². The smallest absolute Gasteiger partial charge is 0.169 e. The Labute approximate surface area is 91.5 Å². The number of hydrogen-bond donors (Lipinski definition) is 0. The molecule has 5 nitrogen and oxygen atoms in total. The number of methoxy groups -OCH3 is 3. The molecule has 0 unspecified atom stereocenters. The first kappa shape index (κ1) is 14.3. The fraction of sp³-hybridized carbons (Fsp3) is 0.900. The molecule has 0 aromatic rings. The minimum atomic E-state index is -0.249. The van der Waals surface area contributed by atoms with Gasteiger partial charge in [0.05, 0.1) is 12.7 Å². The average Bonchev–Trinajstić information content (AvgIpc) is 2.28. The molecule has 0 rings (SSSR count). The molecule has 0 saturated heterocycles. The number of nitriles is 1. The summed E-state index contributed by atoms with van der Waals surface area (Å²) in [7, 11) is 4.87. The lowest BCUT2D eigenvalue weighted by Crippen LogP contribution is -2.37. The second-order valence-corrected chi connectivity index (χ2v) is 3.10. The quantitative estimate of drug-likeness (QED) is 0.524. The Morgan fingerprint density at radius 1 is 1.20 bits per heavy atom. The van der Waals surface area contributed by atoms with Gasteiger partial charge in [-0.1, -0.05) is 0 Å². The van der Waals surface area contributed by atoms with Gasteiger partial charge in [-0.2, -0.15) is 5.26 Å². The summed E-state index contributed by atoms with van der Waals surface area (Å²) < 4.78 is 15.2. The predicted octanol–water partition coefficient (Wildman–Crippen LogP) is 0.467. The topological polar surface area (TPSA) is 54.7 Å². The summed E-state index contributed by atoms with van der Waals surface area (Å²) in [6.45, 7) is 2.79. The average molecular weight is 216 g/mol. The summed E-state index contributed by atoms with van der Waals surface area (Å²) in [6.07, 6.45) is 0.254. The molecule has 0 atom stereocenters. The summed E-state index contributed by atoms with van der Waals surface area (Å²) in [6, 6.07) is 2.12. The van der Waals surface area contributed by atoms with E-state index in [9.17, 15) is 0 Å². The summed E-state index contributed by atoms with van der Waals surface area (Å²) in [4.78, 5) is 2.09. The van der Waals surface area contributed by atoms with Crippen LogP contribution < -0.4 is 0 Å². The van der Waals surface area contributed by atoms with E-state index >= 15 is 0 Å². The Bertz CT molecular complexity index is 178. The molecule has 0 saturated carbocycles. The zero-order valence-corrected chi connectivity index (χ0v) is 9.73. The van der Waals surface area contributed by atoms with E-state index in [2.05, 4.69) is 11.0 Å². The van der Waals surface area contributed by atoms with Crippen LogP contribution in [0.5, 0.6) is 0 Å². The van der Waals surface area contributed by atoms with Crippen molar-refractivity contribution < 1.29 is 14.2 Å². The normalized spacial score (nSPS) is 10.9. The summed E-state index contributed by atoms with van der Waals surface area (Å²) in [5, 5.41) is 8.52. The van der Waals surface area contributed by atoms with Crippen molar-refractivity contribution in [2.75, 3.05) is 47.6 Å². The maximum absolute atomic E-state index is 8.52. The molecule has 0 amide bonds. The van der Waals surface area contributed by atoms with Crippen molar-refractivity contribution in [2.45, 2.75) is 12.7 Å². The lowest BCUT2D eigenvalue weighted by atomic mass is 10.4. The lowest BCUT2D eigenvalue weighted by Gasteiger charge is -2.24. The highest BCUT2D eigenvalue weighted by Crippen LogP contribution is 1.98. The summed E-state index contributed by atoms with van der Waals surface area (Å²) in [5.41, 5.74) is 0. The first-order valence-electron chi connectivity index (χ1n) is 4.92. The maximum atomic E-state index is 8.52. The minimum Gasteiger partial charge on any atom is -0.383 e. The number of nitrogens with zero attached hydrogens (tertiary/aromatic N) is 2. The molecule has 0 aromatic heterocycles. The van der Waals surface area contributed by atoms with E-state index < -0.39 is 0 Å². The SMILES string of the molecule is COCCN(CCC#N)CC(OC)OC. The predicted molar refractivity (Wildman–Crippen MR) is 56.4 cm³/mol. The third-order valence-electron chi connectivity index (χ3n) is 2.08. The highest BCUT2D eigenvalue weighted by molar-refractivity contribution is 4.72. The van der Waals surface area contributed by atoms with Crippen molar-refractivity contribution in [1.82, 2.24) is 4.90 Å². The van der Waals surface area contributed by atoms with Gasteiger partial charge in [-0.15, -0.1) is 0 Å². The molecule has 0 N–H and O–H groups in total. The summed E-state index contributed by atoms with van der Waals surface area (Å²) >= 11 is 0. The maximum Gasteiger partial charge on any atom is 0.169 e. The molecule has 0 fully saturated rings. The molecule has 15 heavy (non-hydrogen) atoms. The molecule has 0 aliphatic rings. The van der Waals surface area contributed by atoms with Crippen LogP contribution in [0.3, 0.4) is 0 Å². The number of hydrogen-bond acceptors (Lipinski definition) is 5. The fourth-order valence-corrected chi connectivity index (χ4v) is 1.18. The van der Waals surface area contributed by atoms with Gasteiger partial charge in [0.1, 0.15) is 0 Å². The van der Waals surface area contributed by atoms with Gasteiger partial charge in [0, 0.05) is 47.4 Å². The van der Waals surface area contributed by atoms with Gasteiger partial charge in [-0.25, -0.2) is 0 Å². The number of ether oxygens (including phenoxy) is 3. The molecular formula is C10H20N2O3. The Hall–Kier alpha value is -0.670. The van der Waals surface area contributed by atoms with Crippen LogP contribution in [-0.4, -0.2) is 58.8 Å². The van der Waals surface area contributed by atoms with Crippen LogP contribution in [0, 0.1) is 11.3 Å². The molecule has 0 bridgehead atoms. The van der Waals surface area contributed by atoms with E-state index in [0.29, 0.717) is 26.1 Å². The van der Waals surface area contributed by atoms with E-state index in [4.69, 9.17) is 19.5 Å². The third kappa shape index (κ3) is 7.28. The summed E-state index contributed by atoms with van der Waals surface area (Å²) in [5.74, 6) is 0. The van der Waals surface area contributed by atoms with E-state index in [-0.39, 0.29) is 6.29 Å². The monoisotopic (exact) mass is 216 g/mol. The first-order valence-corrected chi connectivity index (χ1v) is 4.92. The van der Waals surface area contributed by atoms with Crippen LogP contribution in [-0.2, 0) is 14.2 Å². The van der Waals surface area contributed by atoms with E-state index in [1.54, 1.807) is 21.3 Å². The Balaban J connectivity index is 3.92. The van der Waals surface area contributed by atoms with Gasteiger partial charge in [0.15, 0.2) is 6.29 Å². The molecule has 0 aliphatic carbocycles. The largest absolute Gasteiger partial charge is 0.383 e. The van der Waals surface area contributed by atoms with E-state index in [0.717, 1.165) is 6.54 Å². The van der Waals surface area contributed by atoms with Crippen LogP contribution in [0.1, 0.15) is 6.42 Å². The van der Waals surface area contributed by atoms with Gasteiger partial charge in [0.25, 0.3) is 0 Å². The molecule has 0 spiro atoms. The van der Waals surface area contributed by atoms with Crippen molar-refractivity contribution in [2.24, 2.45) is 0 Å². The van der Waals surface area contributed by atoms with Gasteiger partial charge in [-0.3, -0.25) is 4.90 Å². The molecule has 0 aromatic carbocycles. The Morgan fingerprint density at radius 2 is 1.87 bits per heavy atom. The highest BCUT2D eigenvalue weighted by atomic mass is 16.7. The lowest BCUT2D eigenvalue weighted by molar-refractivity contribution is -0.117. The third-order valence-corrected chi connectivity index (χ3v) is 2.08. The molecule has 0 heterocycles. The highest BCUT2D eigenvalue weighted by Gasteiger charge is 2.12.